The molecule has 0 aromatic carbocycles. The van der Waals surface area contributed by atoms with Gasteiger partial charge in [0, 0.05) is 5.66 Å². The second-order valence-corrected chi connectivity index (χ2v) is 8.81. The SMILES string of the molecule is CC(C)C[C@H](C)P(O)(=S)Cl. The van der Waals surface area contributed by atoms with Crippen molar-refractivity contribution >= 4 is 28.7 Å². The van der Waals surface area contributed by atoms with Crippen LogP contribution in [0.1, 0.15) is 27.2 Å². The molecule has 0 spiro atoms. The van der Waals surface area contributed by atoms with Crippen LogP contribution in [0, 0.1) is 5.92 Å². The van der Waals surface area contributed by atoms with E-state index in [1.54, 1.807) is 0 Å². The highest BCUT2D eigenvalue weighted by atomic mass is 35.7. The van der Waals surface area contributed by atoms with Gasteiger partial charge in [-0.05, 0) is 12.3 Å². The zero-order chi connectivity index (χ0) is 8.36. The summed E-state index contributed by atoms with van der Waals surface area (Å²) in [5.41, 5.74) is -2.42. The third-order valence-corrected chi connectivity index (χ3v) is 4.73. The summed E-state index contributed by atoms with van der Waals surface area (Å²) in [6.07, 6.45) is 0.914. The van der Waals surface area contributed by atoms with Crippen LogP contribution in [0.2, 0.25) is 0 Å². The molecule has 0 saturated carbocycles. The molecule has 62 valence electrons. The molecule has 0 heterocycles. The van der Waals surface area contributed by atoms with E-state index in [1.165, 1.54) is 0 Å². The Morgan fingerprint density at radius 2 is 1.90 bits per heavy atom. The molecule has 1 unspecified atom stereocenters. The molecule has 0 aromatic rings. The fourth-order valence-electron chi connectivity index (χ4n) is 0.812. The minimum Gasteiger partial charge on any atom is -0.354 e. The summed E-state index contributed by atoms with van der Waals surface area (Å²) in [5, 5.41) is 0. The van der Waals surface area contributed by atoms with Crippen molar-refractivity contribution in [1.29, 1.82) is 0 Å². The van der Waals surface area contributed by atoms with Gasteiger partial charge in [-0.3, -0.25) is 0 Å². The Hall–Kier alpha value is 0.900. The predicted molar refractivity (Wildman–Crippen MR) is 51.3 cm³/mol. The summed E-state index contributed by atoms with van der Waals surface area (Å²) < 4.78 is 0. The van der Waals surface area contributed by atoms with Crippen LogP contribution in [-0.4, -0.2) is 10.6 Å². The van der Waals surface area contributed by atoms with Crippen molar-refractivity contribution < 1.29 is 4.89 Å². The van der Waals surface area contributed by atoms with Crippen LogP contribution >= 0.6 is 16.9 Å². The molecule has 0 rings (SSSR count). The lowest BCUT2D eigenvalue weighted by atomic mass is 10.1. The smallest absolute Gasteiger partial charge is 0.151 e. The standard InChI is InChI=1S/C6H14ClOPS/c1-5(2)4-6(3)9(7,8)10/h5-6H,4H2,1-3H3,(H,8,10)/t6-,9?/m0/s1. The average molecular weight is 201 g/mol. The fourth-order valence-corrected chi connectivity index (χ4v) is 1.99. The average Bonchev–Trinajstić information content (AvgIpc) is 1.60. The third-order valence-electron chi connectivity index (χ3n) is 1.36. The number of rotatable bonds is 3. The van der Waals surface area contributed by atoms with Crippen molar-refractivity contribution in [2.24, 2.45) is 5.92 Å². The van der Waals surface area contributed by atoms with Crippen molar-refractivity contribution in [3.63, 3.8) is 0 Å². The zero-order valence-corrected chi connectivity index (χ0v) is 9.01. The van der Waals surface area contributed by atoms with Gasteiger partial charge in [-0.25, -0.2) is 0 Å². The van der Waals surface area contributed by atoms with Crippen LogP contribution in [0.3, 0.4) is 0 Å². The first-order valence-electron chi connectivity index (χ1n) is 3.36. The summed E-state index contributed by atoms with van der Waals surface area (Å²) in [4.78, 5) is 9.23. The van der Waals surface area contributed by atoms with Crippen LogP contribution in [0.25, 0.3) is 0 Å². The molecule has 0 fully saturated rings. The number of halogens is 1. The van der Waals surface area contributed by atoms with Gasteiger partial charge in [0.05, 0.1) is 0 Å². The Kier molecular flexibility index (Phi) is 4.42. The summed E-state index contributed by atoms with van der Waals surface area (Å²) >= 11 is 10.4. The Morgan fingerprint density at radius 3 is 2.00 bits per heavy atom. The van der Waals surface area contributed by atoms with Crippen LogP contribution in [-0.2, 0) is 11.8 Å². The van der Waals surface area contributed by atoms with Crippen LogP contribution < -0.4 is 0 Å². The quantitative estimate of drug-likeness (QED) is 0.707. The summed E-state index contributed by atoms with van der Waals surface area (Å²) in [6, 6.07) is 0. The molecule has 0 bridgehead atoms. The van der Waals surface area contributed by atoms with E-state index < -0.39 is 5.62 Å². The van der Waals surface area contributed by atoms with Crippen molar-refractivity contribution in [2.75, 3.05) is 0 Å². The zero-order valence-electron chi connectivity index (χ0n) is 6.54. The van der Waals surface area contributed by atoms with Crippen molar-refractivity contribution in [3.05, 3.63) is 0 Å². The van der Waals surface area contributed by atoms with Gasteiger partial charge in [0.15, 0.2) is 5.62 Å². The molecule has 10 heavy (non-hydrogen) atoms. The van der Waals surface area contributed by atoms with E-state index in [1.807, 2.05) is 6.92 Å². The van der Waals surface area contributed by atoms with E-state index in [4.69, 9.17) is 23.0 Å². The highest BCUT2D eigenvalue weighted by molar-refractivity contribution is 8.24. The number of hydrogen-bond acceptors (Lipinski definition) is 1. The lowest BCUT2D eigenvalue weighted by Gasteiger charge is -2.17. The van der Waals surface area contributed by atoms with Gasteiger partial charge in [-0.15, -0.1) is 0 Å². The first-order chi connectivity index (χ1) is 4.34. The largest absolute Gasteiger partial charge is 0.354 e. The first-order valence-corrected chi connectivity index (χ1v) is 7.09. The van der Waals surface area contributed by atoms with Gasteiger partial charge in [0.1, 0.15) is 0 Å². The van der Waals surface area contributed by atoms with E-state index >= 15 is 0 Å². The minimum absolute atomic E-state index is 0.0872. The second-order valence-electron chi connectivity index (χ2n) is 3.02. The van der Waals surface area contributed by atoms with E-state index in [2.05, 4.69) is 13.8 Å². The normalized spacial score (nSPS) is 20.6. The molecule has 0 aliphatic heterocycles. The van der Waals surface area contributed by atoms with Crippen molar-refractivity contribution in [1.82, 2.24) is 0 Å². The second kappa shape index (κ2) is 4.06. The maximum atomic E-state index is 9.23. The highest BCUT2D eigenvalue weighted by Gasteiger charge is 2.19. The van der Waals surface area contributed by atoms with Gasteiger partial charge in [0.2, 0.25) is 0 Å². The van der Waals surface area contributed by atoms with Gasteiger partial charge in [0.25, 0.3) is 0 Å². The molecule has 0 amide bonds. The molecule has 4 heteroatoms. The lowest BCUT2D eigenvalue weighted by molar-refractivity contribution is 0.550. The van der Waals surface area contributed by atoms with Gasteiger partial charge < -0.3 is 4.89 Å². The van der Waals surface area contributed by atoms with Crippen molar-refractivity contribution in [3.8, 4) is 0 Å². The first kappa shape index (κ1) is 10.9. The van der Waals surface area contributed by atoms with Gasteiger partial charge in [-0.1, -0.05) is 43.8 Å². The Bertz CT molecular complexity index is 143. The molecular weight excluding hydrogens is 187 g/mol. The highest BCUT2D eigenvalue weighted by Crippen LogP contribution is 2.53. The Labute approximate surface area is 72.7 Å². The molecule has 0 radical (unpaired) electrons. The molecular formula is C6H14ClOPS. The van der Waals surface area contributed by atoms with Crippen LogP contribution in [0.15, 0.2) is 0 Å². The van der Waals surface area contributed by atoms with Crippen LogP contribution in [0.5, 0.6) is 0 Å². The molecule has 0 aromatic heterocycles. The maximum absolute atomic E-state index is 9.23. The van der Waals surface area contributed by atoms with Gasteiger partial charge in [-0.2, -0.15) is 0 Å². The third kappa shape index (κ3) is 4.68. The molecule has 1 N–H and O–H groups in total. The summed E-state index contributed by atoms with van der Waals surface area (Å²) in [5.74, 6) is 0.559. The Morgan fingerprint density at radius 1 is 1.50 bits per heavy atom. The molecule has 0 aliphatic carbocycles. The fraction of sp³-hybridized carbons (Fsp3) is 1.00. The van der Waals surface area contributed by atoms with E-state index in [0.29, 0.717) is 5.92 Å². The van der Waals surface area contributed by atoms with Crippen molar-refractivity contribution in [2.45, 2.75) is 32.9 Å². The van der Waals surface area contributed by atoms with Gasteiger partial charge >= 0.3 is 0 Å². The van der Waals surface area contributed by atoms with E-state index in [9.17, 15) is 4.89 Å². The molecule has 0 aliphatic rings. The monoisotopic (exact) mass is 200 g/mol. The number of hydrogen-bond donors (Lipinski definition) is 1. The van der Waals surface area contributed by atoms with E-state index in [0.717, 1.165) is 6.42 Å². The molecule has 2 atom stereocenters. The summed E-state index contributed by atoms with van der Waals surface area (Å²) in [6.45, 7) is 6.10. The minimum atomic E-state index is -2.51. The maximum Gasteiger partial charge on any atom is 0.151 e. The topological polar surface area (TPSA) is 20.2 Å². The summed E-state index contributed by atoms with van der Waals surface area (Å²) in [7, 11) is 0. The molecule has 0 saturated heterocycles. The predicted octanol–water partition coefficient (Wildman–Crippen LogP) is 2.96. The lowest BCUT2D eigenvalue weighted by Crippen LogP contribution is -2.03. The molecule has 1 nitrogen and oxygen atoms in total. The Balaban J connectivity index is 3.86. The van der Waals surface area contributed by atoms with E-state index in [-0.39, 0.29) is 5.66 Å². The van der Waals surface area contributed by atoms with Crippen LogP contribution in [0.4, 0.5) is 0 Å².